The lowest BCUT2D eigenvalue weighted by atomic mass is 10.1. The SMILES string of the molecule is CCNC(=NCC(O)c1ccc(F)cc1)N1CCN(CC(=O)N2CCCC2)CC1.I. The summed E-state index contributed by atoms with van der Waals surface area (Å²) in [5, 5.41) is 13.6. The third-order valence-corrected chi connectivity index (χ3v) is 5.49. The van der Waals surface area contributed by atoms with Gasteiger partial charge in [0.25, 0.3) is 0 Å². The highest BCUT2D eigenvalue weighted by Gasteiger charge is 2.24. The first-order chi connectivity index (χ1) is 14.1. The highest BCUT2D eigenvalue weighted by Crippen LogP contribution is 2.14. The first kappa shape index (κ1) is 24.8. The summed E-state index contributed by atoms with van der Waals surface area (Å²) in [5.74, 6) is 0.678. The van der Waals surface area contributed by atoms with Crippen LogP contribution in [0, 0.1) is 5.82 Å². The van der Waals surface area contributed by atoms with E-state index in [4.69, 9.17) is 0 Å². The normalized spacial score (nSPS) is 18.8. The van der Waals surface area contributed by atoms with E-state index >= 15 is 0 Å². The summed E-state index contributed by atoms with van der Waals surface area (Å²) in [6.07, 6.45) is 1.46. The van der Waals surface area contributed by atoms with Crippen LogP contribution in [0.1, 0.15) is 31.4 Å². The number of aliphatic hydroxyl groups excluding tert-OH is 1. The van der Waals surface area contributed by atoms with Gasteiger partial charge in [-0.2, -0.15) is 0 Å². The molecule has 2 fully saturated rings. The van der Waals surface area contributed by atoms with Crippen molar-refractivity contribution in [2.45, 2.75) is 25.9 Å². The summed E-state index contributed by atoms with van der Waals surface area (Å²) in [5.41, 5.74) is 0.649. The number of amides is 1. The fourth-order valence-corrected chi connectivity index (χ4v) is 3.76. The van der Waals surface area contributed by atoms with Crippen LogP contribution in [0.3, 0.4) is 0 Å². The number of hydrogen-bond acceptors (Lipinski definition) is 4. The Labute approximate surface area is 195 Å². The van der Waals surface area contributed by atoms with Gasteiger partial charge in [0.05, 0.1) is 19.2 Å². The number of nitrogens with one attached hydrogen (secondary N) is 1. The summed E-state index contributed by atoms with van der Waals surface area (Å²) in [4.78, 5) is 23.3. The third kappa shape index (κ3) is 7.05. The number of carbonyl (C=O) groups excluding carboxylic acids is 1. The van der Waals surface area contributed by atoms with E-state index in [9.17, 15) is 14.3 Å². The van der Waals surface area contributed by atoms with Crippen LogP contribution in [0.15, 0.2) is 29.3 Å². The van der Waals surface area contributed by atoms with E-state index < -0.39 is 6.10 Å². The first-order valence-electron chi connectivity index (χ1n) is 10.5. The van der Waals surface area contributed by atoms with Gasteiger partial charge in [0.2, 0.25) is 5.91 Å². The molecule has 2 N–H and O–H groups in total. The number of benzene rings is 1. The molecule has 30 heavy (non-hydrogen) atoms. The van der Waals surface area contributed by atoms with E-state index in [0.29, 0.717) is 12.1 Å². The number of aliphatic hydroxyl groups is 1. The highest BCUT2D eigenvalue weighted by molar-refractivity contribution is 14.0. The van der Waals surface area contributed by atoms with Crippen molar-refractivity contribution in [2.24, 2.45) is 4.99 Å². The average molecular weight is 533 g/mol. The van der Waals surface area contributed by atoms with Gasteiger partial charge in [-0.1, -0.05) is 12.1 Å². The Morgan fingerprint density at radius 2 is 1.73 bits per heavy atom. The number of rotatable bonds is 6. The maximum atomic E-state index is 13.1. The zero-order valence-electron chi connectivity index (χ0n) is 17.6. The number of piperazine rings is 1. The Morgan fingerprint density at radius 3 is 2.33 bits per heavy atom. The molecule has 1 aromatic carbocycles. The Balaban J connectivity index is 0.00000320. The molecule has 9 heteroatoms. The predicted molar refractivity (Wildman–Crippen MR) is 127 cm³/mol. The van der Waals surface area contributed by atoms with E-state index in [1.165, 1.54) is 12.1 Å². The van der Waals surface area contributed by atoms with Crippen LogP contribution in [0.25, 0.3) is 0 Å². The maximum absolute atomic E-state index is 13.1. The van der Waals surface area contributed by atoms with Crippen LogP contribution in [0.2, 0.25) is 0 Å². The molecule has 2 saturated heterocycles. The smallest absolute Gasteiger partial charge is 0.236 e. The van der Waals surface area contributed by atoms with E-state index in [1.54, 1.807) is 12.1 Å². The van der Waals surface area contributed by atoms with E-state index in [0.717, 1.165) is 64.6 Å². The molecule has 1 unspecified atom stereocenters. The second-order valence-electron chi connectivity index (χ2n) is 7.61. The number of aliphatic imine (C=N–C) groups is 1. The Bertz CT molecular complexity index is 689. The molecule has 1 amide bonds. The Morgan fingerprint density at radius 1 is 1.10 bits per heavy atom. The molecule has 2 aliphatic rings. The predicted octanol–water partition coefficient (Wildman–Crippen LogP) is 1.68. The molecule has 168 valence electrons. The molecule has 0 bridgehead atoms. The monoisotopic (exact) mass is 533 g/mol. The minimum atomic E-state index is -0.774. The molecular weight excluding hydrogens is 500 g/mol. The van der Waals surface area contributed by atoms with Gasteiger partial charge in [-0.25, -0.2) is 4.39 Å². The van der Waals surface area contributed by atoms with Gasteiger partial charge >= 0.3 is 0 Å². The van der Waals surface area contributed by atoms with Gasteiger partial charge in [-0.05, 0) is 37.5 Å². The first-order valence-corrected chi connectivity index (χ1v) is 10.5. The van der Waals surface area contributed by atoms with Crippen LogP contribution in [-0.4, -0.2) is 90.6 Å². The number of hydrogen-bond donors (Lipinski definition) is 2. The van der Waals surface area contributed by atoms with Crippen molar-refractivity contribution in [3.63, 3.8) is 0 Å². The number of nitrogens with zero attached hydrogens (tertiary/aromatic N) is 4. The minimum absolute atomic E-state index is 0. The number of guanidine groups is 1. The Hall–Kier alpha value is -1.46. The lowest BCUT2D eigenvalue weighted by molar-refractivity contribution is -0.131. The third-order valence-electron chi connectivity index (χ3n) is 5.49. The molecule has 0 spiro atoms. The quantitative estimate of drug-likeness (QED) is 0.331. The molecule has 2 aliphatic heterocycles. The molecule has 1 atom stereocenters. The standard InChI is InChI=1S/C21H32FN5O2.HI/c1-2-23-21(24-15-19(28)17-5-7-18(22)8-6-17)27-13-11-25(12-14-27)16-20(29)26-9-3-4-10-26;/h5-8,19,28H,2-4,9-16H2,1H3,(H,23,24);1H. The fourth-order valence-electron chi connectivity index (χ4n) is 3.76. The molecule has 7 nitrogen and oxygen atoms in total. The average Bonchev–Trinajstić information content (AvgIpc) is 3.27. The molecule has 0 aliphatic carbocycles. The molecule has 0 aromatic heterocycles. The number of halogens is 2. The van der Waals surface area contributed by atoms with Crippen LogP contribution in [-0.2, 0) is 4.79 Å². The summed E-state index contributed by atoms with van der Waals surface area (Å²) in [7, 11) is 0. The van der Waals surface area contributed by atoms with Gasteiger partial charge in [-0.3, -0.25) is 14.7 Å². The lowest BCUT2D eigenvalue weighted by Crippen LogP contribution is -2.54. The number of likely N-dealkylation sites (tertiary alicyclic amines) is 1. The van der Waals surface area contributed by atoms with Crippen molar-refractivity contribution in [3.05, 3.63) is 35.6 Å². The molecule has 3 rings (SSSR count). The van der Waals surface area contributed by atoms with Crippen molar-refractivity contribution < 1.29 is 14.3 Å². The van der Waals surface area contributed by atoms with Crippen LogP contribution in [0.5, 0.6) is 0 Å². The van der Waals surface area contributed by atoms with Gasteiger partial charge in [0, 0.05) is 45.8 Å². The molecule has 2 heterocycles. The maximum Gasteiger partial charge on any atom is 0.236 e. The topological polar surface area (TPSA) is 71.4 Å². The van der Waals surface area contributed by atoms with E-state index in [-0.39, 0.29) is 42.2 Å². The van der Waals surface area contributed by atoms with Crippen molar-refractivity contribution in [1.82, 2.24) is 20.0 Å². The summed E-state index contributed by atoms with van der Waals surface area (Å²) < 4.78 is 13.1. The molecular formula is C21H33FIN5O2. The summed E-state index contributed by atoms with van der Waals surface area (Å²) in [6.45, 7) is 8.42. The fraction of sp³-hybridized carbons (Fsp3) is 0.619. The lowest BCUT2D eigenvalue weighted by Gasteiger charge is -2.36. The minimum Gasteiger partial charge on any atom is -0.386 e. The second kappa shape index (κ2) is 12.4. The highest BCUT2D eigenvalue weighted by atomic mass is 127. The van der Waals surface area contributed by atoms with Crippen molar-refractivity contribution in [2.75, 3.05) is 58.9 Å². The Kier molecular flexibility index (Phi) is 10.3. The zero-order chi connectivity index (χ0) is 20.6. The number of carbonyl (C=O) groups is 1. The van der Waals surface area contributed by atoms with Gasteiger partial charge in [0.1, 0.15) is 5.82 Å². The van der Waals surface area contributed by atoms with E-state index in [1.807, 2.05) is 11.8 Å². The zero-order valence-corrected chi connectivity index (χ0v) is 19.9. The van der Waals surface area contributed by atoms with Gasteiger partial charge in [-0.15, -0.1) is 24.0 Å². The van der Waals surface area contributed by atoms with Crippen molar-refractivity contribution >= 4 is 35.8 Å². The largest absolute Gasteiger partial charge is 0.386 e. The molecule has 1 aromatic rings. The van der Waals surface area contributed by atoms with Gasteiger partial charge < -0.3 is 20.2 Å². The van der Waals surface area contributed by atoms with Crippen molar-refractivity contribution in [1.29, 1.82) is 0 Å². The molecule has 0 saturated carbocycles. The molecule has 0 radical (unpaired) electrons. The van der Waals surface area contributed by atoms with Crippen LogP contribution >= 0.6 is 24.0 Å². The summed E-state index contributed by atoms with van der Waals surface area (Å²) in [6, 6.07) is 5.85. The van der Waals surface area contributed by atoms with Crippen LogP contribution < -0.4 is 5.32 Å². The van der Waals surface area contributed by atoms with Gasteiger partial charge in [0.15, 0.2) is 5.96 Å². The van der Waals surface area contributed by atoms with Crippen molar-refractivity contribution in [3.8, 4) is 0 Å². The van der Waals surface area contributed by atoms with E-state index in [2.05, 4.69) is 20.1 Å². The summed E-state index contributed by atoms with van der Waals surface area (Å²) >= 11 is 0. The van der Waals surface area contributed by atoms with Crippen LogP contribution in [0.4, 0.5) is 4.39 Å². The second-order valence-corrected chi connectivity index (χ2v) is 7.61.